The Morgan fingerprint density at radius 1 is 1.38 bits per heavy atom. The van der Waals surface area contributed by atoms with Crippen molar-refractivity contribution in [3.05, 3.63) is 36.0 Å². The summed E-state index contributed by atoms with van der Waals surface area (Å²) in [5.41, 5.74) is 1.35. The van der Waals surface area contributed by atoms with Gasteiger partial charge in [-0.05, 0) is 32.4 Å². The molecule has 0 aromatic rings. The third-order valence-corrected chi connectivity index (χ3v) is 2.21. The largest absolute Gasteiger partial charge is 0.290 e. The van der Waals surface area contributed by atoms with Gasteiger partial charge in [0.2, 0.25) is 0 Å². The average molecular weight is 176 g/mol. The topological polar surface area (TPSA) is 17.1 Å². The van der Waals surface area contributed by atoms with Gasteiger partial charge in [0.1, 0.15) is 0 Å². The summed E-state index contributed by atoms with van der Waals surface area (Å²) >= 11 is 0. The SMILES string of the molecule is CC(C)=CCC1(C)C=CC(=O)C=C1. The number of carbonyl (C=O) groups excluding carboxylic acids is 1. The molecule has 0 saturated heterocycles. The molecule has 1 rings (SSSR count). The van der Waals surface area contributed by atoms with E-state index in [4.69, 9.17) is 0 Å². The van der Waals surface area contributed by atoms with Crippen LogP contribution in [0.2, 0.25) is 0 Å². The predicted molar refractivity (Wildman–Crippen MR) is 55.4 cm³/mol. The smallest absolute Gasteiger partial charge is 0.178 e. The highest BCUT2D eigenvalue weighted by Gasteiger charge is 2.18. The second-order valence-corrected chi connectivity index (χ2v) is 4.06. The Balaban J connectivity index is 2.69. The lowest BCUT2D eigenvalue weighted by molar-refractivity contribution is -0.110. The molecule has 0 unspecified atom stereocenters. The number of carbonyl (C=O) groups is 1. The lowest BCUT2D eigenvalue weighted by atomic mass is 9.82. The maximum absolute atomic E-state index is 10.9. The summed E-state index contributed by atoms with van der Waals surface area (Å²) in [5.74, 6) is 0.0923. The monoisotopic (exact) mass is 176 g/mol. The number of ketones is 1. The second-order valence-electron chi connectivity index (χ2n) is 4.06. The molecule has 0 radical (unpaired) electrons. The van der Waals surface area contributed by atoms with E-state index in [-0.39, 0.29) is 11.2 Å². The van der Waals surface area contributed by atoms with Crippen LogP contribution in [0, 0.1) is 5.41 Å². The van der Waals surface area contributed by atoms with Crippen LogP contribution in [0.1, 0.15) is 27.2 Å². The van der Waals surface area contributed by atoms with E-state index in [1.807, 2.05) is 12.2 Å². The lowest BCUT2D eigenvalue weighted by Crippen LogP contribution is -2.12. The van der Waals surface area contributed by atoms with E-state index >= 15 is 0 Å². The van der Waals surface area contributed by atoms with Crippen molar-refractivity contribution < 1.29 is 4.79 Å². The number of allylic oxidation sites excluding steroid dienone is 6. The standard InChI is InChI=1S/C12H16O/c1-10(2)4-7-12(3)8-5-11(13)6-9-12/h4-6,8-9H,7H2,1-3H3. The minimum Gasteiger partial charge on any atom is -0.290 e. The van der Waals surface area contributed by atoms with Gasteiger partial charge in [-0.15, -0.1) is 0 Å². The van der Waals surface area contributed by atoms with Crippen molar-refractivity contribution >= 4 is 5.78 Å². The maximum atomic E-state index is 10.9. The van der Waals surface area contributed by atoms with Gasteiger partial charge in [-0.3, -0.25) is 4.79 Å². The van der Waals surface area contributed by atoms with E-state index in [0.29, 0.717) is 0 Å². The summed E-state index contributed by atoms with van der Waals surface area (Å²) < 4.78 is 0. The molecule has 0 bridgehead atoms. The average Bonchev–Trinajstić information content (AvgIpc) is 2.08. The van der Waals surface area contributed by atoms with Crippen LogP contribution in [-0.4, -0.2) is 5.78 Å². The summed E-state index contributed by atoms with van der Waals surface area (Å²) in [4.78, 5) is 10.9. The molecule has 0 atom stereocenters. The molecule has 0 fully saturated rings. The molecule has 0 aromatic heterocycles. The van der Waals surface area contributed by atoms with Crippen molar-refractivity contribution in [3.8, 4) is 0 Å². The molecule has 0 aromatic carbocycles. The van der Waals surface area contributed by atoms with Crippen molar-refractivity contribution in [3.63, 3.8) is 0 Å². The highest BCUT2D eigenvalue weighted by Crippen LogP contribution is 2.28. The van der Waals surface area contributed by atoms with Gasteiger partial charge in [0, 0.05) is 5.41 Å². The zero-order chi connectivity index (χ0) is 9.90. The number of hydrogen-bond acceptors (Lipinski definition) is 1. The summed E-state index contributed by atoms with van der Waals surface area (Å²) in [6, 6.07) is 0. The van der Waals surface area contributed by atoms with Gasteiger partial charge < -0.3 is 0 Å². The molecular weight excluding hydrogens is 160 g/mol. The summed E-state index contributed by atoms with van der Waals surface area (Å²) in [7, 11) is 0. The van der Waals surface area contributed by atoms with Crippen LogP contribution < -0.4 is 0 Å². The van der Waals surface area contributed by atoms with Gasteiger partial charge in [-0.2, -0.15) is 0 Å². The van der Waals surface area contributed by atoms with Gasteiger partial charge in [-0.1, -0.05) is 30.7 Å². The van der Waals surface area contributed by atoms with Gasteiger partial charge in [0.15, 0.2) is 5.78 Å². The van der Waals surface area contributed by atoms with Crippen molar-refractivity contribution in [1.29, 1.82) is 0 Å². The van der Waals surface area contributed by atoms with E-state index in [0.717, 1.165) is 6.42 Å². The van der Waals surface area contributed by atoms with Crippen molar-refractivity contribution in [2.75, 3.05) is 0 Å². The van der Waals surface area contributed by atoms with Crippen LogP contribution in [0.4, 0.5) is 0 Å². The van der Waals surface area contributed by atoms with Gasteiger partial charge in [0.25, 0.3) is 0 Å². The van der Waals surface area contributed by atoms with Crippen molar-refractivity contribution in [2.45, 2.75) is 27.2 Å². The molecule has 1 aliphatic rings. The van der Waals surface area contributed by atoms with Crippen LogP contribution in [0.3, 0.4) is 0 Å². The summed E-state index contributed by atoms with van der Waals surface area (Å²) in [5, 5.41) is 0. The van der Waals surface area contributed by atoms with Crippen LogP contribution in [-0.2, 0) is 4.79 Å². The Kier molecular flexibility index (Phi) is 2.86. The fourth-order valence-electron chi connectivity index (χ4n) is 1.22. The molecule has 0 saturated carbocycles. The normalized spacial score (nSPS) is 18.8. The van der Waals surface area contributed by atoms with Gasteiger partial charge in [0.05, 0.1) is 0 Å². The molecule has 0 N–H and O–H groups in total. The molecule has 1 nitrogen and oxygen atoms in total. The fraction of sp³-hybridized carbons (Fsp3) is 0.417. The first-order chi connectivity index (χ1) is 6.02. The van der Waals surface area contributed by atoms with Crippen molar-refractivity contribution in [2.24, 2.45) is 5.41 Å². The zero-order valence-electron chi connectivity index (χ0n) is 8.50. The van der Waals surface area contributed by atoms with E-state index in [1.165, 1.54) is 5.57 Å². The molecule has 0 amide bonds. The van der Waals surface area contributed by atoms with Gasteiger partial charge >= 0.3 is 0 Å². The molecule has 0 spiro atoms. The molecule has 70 valence electrons. The summed E-state index contributed by atoms with van der Waals surface area (Å²) in [6.07, 6.45) is 10.4. The minimum absolute atomic E-state index is 0.0329. The fourth-order valence-corrected chi connectivity index (χ4v) is 1.22. The van der Waals surface area contributed by atoms with Crippen LogP contribution in [0.5, 0.6) is 0 Å². The Morgan fingerprint density at radius 3 is 2.38 bits per heavy atom. The summed E-state index contributed by atoms with van der Waals surface area (Å²) in [6.45, 7) is 6.31. The third kappa shape index (κ3) is 3.02. The van der Waals surface area contributed by atoms with E-state index in [9.17, 15) is 4.79 Å². The third-order valence-electron chi connectivity index (χ3n) is 2.21. The number of rotatable bonds is 2. The Bertz CT molecular complexity index is 272. The van der Waals surface area contributed by atoms with Crippen LogP contribution >= 0.6 is 0 Å². The Labute approximate surface area is 79.8 Å². The molecule has 13 heavy (non-hydrogen) atoms. The second kappa shape index (κ2) is 3.73. The van der Waals surface area contributed by atoms with Crippen molar-refractivity contribution in [1.82, 2.24) is 0 Å². The highest BCUT2D eigenvalue weighted by atomic mass is 16.1. The molecule has 1 aliphatic carbocycles. The first kappa shape index (κ1) is 9.97. The minimum atomic E-state index is 0.0329. The van der Waals surface area contributed by atoms with E-state index in [2.05, 4.69) is 26.8 Å². The predicted octanol–water partition coefficient (Wildman–Crippen LogP) is 3.04. The van der Waals surface area contributed by atoms with Crippen LogP contribution in [0.15, 0.2) is 36.0 Å². The zero-order valence-corrected chi connectivity index (χ0v) is 8.50. The Morgan fingerprint density at radius 2 is 1.92 bits per heavy atom. The quantitative estimate of drug-likeness (QED) is 0.591. The lowest BCUT2D eigenvalue weighted by Gasteiger charge is -2.22. The van der Waals surface area contributed by atoms with Gasteiger partial charge in [-0.25, -0.2) is 0 Å². The first-order valence-electron chi connectivity index (χ1n) is 4.58. The van der Waals surface area contributed by atoms with Crippen LogP contribution in [0.25, 0.3) is 0 Å². The molecular formula is C12H16O. The molecule has 0 heterocycles. The Hall–Kier alpha value is -1.11. The molecule has 1 heteroatoms. The number of hydrogen-bond donors (Lipinski definition) is 0. The first-order valence-corrected chi connectivity index (χ1v) is 4.58. The van der Waals surface area contributed by atoms with E-state index in [1.54, 1.807) is 12.2 Å². The highest BCUT2D eigenvalue weighted by molar-refractivity contribution is 6.00. The maximum Gasteiger partial charge on any atom is 0.178 e. The van der Waals surface area contributed by atoms with E-state index < -0.39 is 0 Å². The molecule has 0 aliphatic heterocycles.